The predicted molar refractivity (Wildman–Crippen MR) is 101 cm³/mol. The van der Waals surface area contributed by atoms with Gasteiger partial charge >= 0.3 is 0 Å². The topological polar surface area (TPSA) is 76.7 Å². The lowest BCUT2D eigenvalue weighted by molar-refractivity contribution is 0.0919. The van der Waals surface area contributed by atoms with Gasteiger partial charge in [0, 0.05) is 28.4 Å². The number of hydrogen-bond donors (Lipinski definition) is 2. The van der Waals surface area contributed by atoms with E-state index < -0.39 is 0 Å². The molecule has 0 aliphatic heterocycles. The Balaban J connectivity index is 2.18. The fourth-order valence-corrected chi connectivity index (χ4v) is 2.33. The van der Waals surface area contributed by atoms with E-state index in [1.54, 1.807) is 49.6 Å². The summed E-state index contributed by atoms with van der Waals surface area (Å²) in [6.07, 6.45) is 0. The van der Waals surface area contributed by atoms with Crippen molar-refractivity contribution in [2.24, 2.45) is 0 Å². The van der Waals surface area contributed by atoms with Crippen LogP contribution in [0.5, 0.6) is 11.5 Å². The van der Waals surface area contributed by atoms with Gasteiger partial charge in [-0.25, -0.2) is 0 Å². The molecule has 0 aromatic heterocycles. The van der Waals surface area contributed by atoms with Crippen molar-refractivity contribution < 1.29 is 19.1 Å². The summed E-state index contributed by atoms with van der Waals surface area (Å²) in [5, 5.41) is 5.67. The van der Waals surface area contributed by atoms with Crippen molar-refractivity contribution in [2.75, 3.05) is 19.5 Å². The standard InChI is InChI=1S/C20H24N2O4/c1-20(2,3)22-19(24)14-8-6-7-13(11-14)18(23)21-15-9-10-16(25-4)17(12-15)26-5/h6-12H,1-5H3,(H,21,23)(H,22,24). The Labute approximate surface area is 153 Å². The molecule has 6 heteroatoms. The zero-order valence-corrected chi connectivity index (χ0v) is 15.7. The molecule has 0 atom stereocenters. The van der Waals surface area contributed by atoms with Gasteiger partial charge in [0.05, 0.1) is 14.2 Å². The molecule has 2 rings (SSSR count). The van der Waals surface area contributed by atoms with Gasteiger partial charge in [0.2, 0.25) is 0 Å². The van der Waals surface area contributed by atoms with Gasteiger partial charge in [0.15, 0.2) is 11.5 Å². The molecule has 2 aromatic carbocycles. The molecule has 0 heterocycles. The number of ether oxygens (including phenoxy) is 2. The zero-order valence-electron chi connectivity index (χ0n) is 15.7. The van der Waals surface area contributed by atoms with E-state index in [0.717, 1.165) is 0 Å². The lowest BCUT2D eigenvalue weighted by atomic mass is 10.1. The number of carbonyl (C=O) groups is 2. The van der Waals surface area contributed by atoms with Crippen LogP contribution in [-0.2, 0) is 0 Å². The van der Waals surface area contributed by atoms with Crippen LogP contribution >= 0.6 is 0 Å². The van der Waals surface area contributed by atoms with E-state index in [4.69, 9.17) is 9.47 Å². The van der Waals surface area contributed by atoms with Gasteiger partial charge in [-0.1, -0.05) is 6.07 Å². The minimum atomic E-state index is -0.352. The van der Waals surface area contributed by atoms with Crippen LogP contribution in [0.3, 0.4) is 0 Å². The maximum atomic E-state index is 12.5. The third kappa shape index (κ3) is 4.99. The second kappa shape index (κ2) is 7.91. The monoisotopic (exact) mass is 356 g/mol. The maximum Gasteiger partial charge on any atom is 0.255 e. The molecule has 0 saturated heterocycles. The predicted octanol–water partition coefficient (Wildman–Crippen LogP) is 3.48. The van der Waals surface area contributed by atoms with Gasteiger partial charge in [-0.05, 0) is 51.1 Å². The third-order valence-electron chi connectivity index (χ3n) is 3.52. The third-order valence-corrected chi connectivity index (χ3v) is 3.52. The molecule has 0 saturated carbocycles. The lowest BCUT2D eigenvalue weighted by Crippen LogP contribution is -2.40. The molecule has 0 aliphatic carbocycles. The van der Waals surface area contributed by atoms with Crippen molar-refractivity contribution in [2.45, 2.75) is 26.3 Å². The Morgan fingerprint density at radius 2 is 1.46 bits per heavy atom. The molecule has 6 nitrogen and oxygen atoms in total. The number of benzene rings is 2. The zero-order chi connectivity index (χ0) is 19.3. The van der Waals surface area contributed by atoms with Crippen molar-refractivity contribution >= 4 is 17.5 Å². The quantitative estimate of drug-likeness (QED) is 0.860. The van der Waals surface area contributed by atoms with Crippen molar-refractivity contribution in [3.63, 3.8) is 0 Å². The fraction of sp³-hybridized carbons (Fsp3) is 0.300. The Morgan fingerprint density at radius 1 is 0.846 bits per heavy atom. The number of hydrogen-bond acceptors (Lipinski definition) is 4. The van der Waals surface area contributed by atoms with E-state index >= 15 is 0 Å². The SMILES string of the molecule is COc1ccc(NC(=O)c2cccc(C(=O)NC(C)(C)C)c2)cc1OC. The first-order valence-corrected chi connectivity index (χ1v) is 8.19. The number of anilines is 1. The minimum Gasteiger partial charge on any atom is -0.493 e. The molecule has 0 bridgehead atoms. The van der Waals surface area contributed by atoms with E-state index in [2.05, 4.69) is 10.6 Å². The second-order valence-electron chi connectivity index (χ2n) is 6.81. The van der Waals surface area contributed by atoms with Gasteiger partial charge in [0.25, 0.3) is 11.8 Å². The average Bonchev–Trinajstić information content (AvgIpc) is 2.60. The van der Waals surface area contributed by atoms with E-state index in [9.17, 15) is 9.59 Å². The van der Waals surface area contributed by atoms with E-state index in [1.165, 1.54) is 7.11 Å². The van der Waals surface area contributed by atoms with Crippen LogP contribution < -0.4 is 20.1 Å². The highest BCUT2D eigenvalue weighted by atomic mass is 16.5. The molecule has 26 heavy (non-hydrogen) atoms. The smallest absolute Gasteiger partial charge is 0.255 e. The van der Waals surface area contributed by atoms with E-state index in [-0.39, 0.29) is 17.4 Å². The van der Waals surface area contributed by atoms with Crippen molar-refractivity contribution in [3.05, 3.63) is 53.6 Å². The fourth-order valence-electron chi connectivity index (χ4n) is 2.33. The molecule has 138 valence electrons. The summed E-state index contributed by atoms with van der Waals surface area (Å²) in [6.45, 7) is 5.70. The number of carbonyl (C=O) groups excluding carboxylic acids is 2. The molecule has 2 aromatic rings. The van der Waals surface area contributed by atoms with Crippen LogP contribution in [0.1, 0.15) is 41.5 Å². The van der Waals surface area contributed by atoms with Crippen LogP contribution in [0, 0.1) is 0 Å². The molecule has 2 N–H and O–H groups in total. The van der Waals surface area contributed by atoms with Crippen LogP contribution in [-0.4, -0.2) is 31.6 Å². The Kier molecular flexibility index (Phi) is 5.87. The molecule has 0 fully saturated rings. The molecule has 0 radical (unpaired) electrons. The number of rotatable bonds is 5. The van der Waals surface area contributed by atoms with Crippen molar-refractivity contribution in [1.29, 1.82) is 0 Å². The summed E-state index contributed by atoms with van der Waals surface area (Å²) in [5.74, 6) is 0.552. The number of nitrogens with one attached hydrogen (secondary N) is 2. The average molecular weight is 356 g/mol. The van der Waals surface area contributed by atoms with Gasteiger partial charge in [-0.3, -0.25) is 9.59 Å². The molecular formula is C20H24N2O4. The van der Waals surface area contributed by atoms with Gasteiger partial charge in [-0.15, -0.1) is 0 Å². The highest BCUT2D eigenvalue weighted by Gasteiger charge is 2.17. The van der Waals surface area contributed by atoms with Crippen LogP contribution in [0.4, 0.5) is 5.69 Å². The first kappa shape index (κ1) is 19.3. The highest BCUT2D eigenvalue weighted by Crippen LogP contribution is 2.29. The van der Waals surface area contributed by atoms with Crippen LogP contribution in [0.2, 0.25) is 0 Å². The molecule has 0 unspecified atom stereocenters. The summed E-state index contributed by atoms with van der Waals surface area (Å²) in [7, 11) is 3.07. The van der Waals surface area contributed by atoms with Crippen LogP contribution in [0.25, 0.3) is 0 Å². The molecule has 0 aliphatic rings. The van der Waals surface area contributed by atoms with Gasteiger partial charge in [0.1, 0.15) is 0 Å². The Hall–Kier alpha value is -3.02. The second-order valence-corrected chi connectivity index (χ2v) is 6.81. The van der Waals surface area contributed by atoms with E-state index in [1.807, 2.05) is 20.8 Å². The lowest BCUT2D eigenvalue weighted by Gasteiger charge is -2.20. The van der Waals surface area contributed by atoms with E-state index in [0.29, 0.717) is 28.3 Å². The molecule has 2 amide bonds. The minimum absolute atomic E-state index is 0.224. The van der Waals surface area contributed by atoms with Crippen LogP contribution in [0.15, 0.2) is 42.5 Å². The highest BCUT2D eigenvalue weighted by molar-refractivity contribution is 6.06. The normalized spacial score (nSPS) is 10.8. The van der Waals surface area contributed by atoms with Gasteiger partial charge < -0.3 is 20.1 Å². The Bertz CT molecular complexity index is 810. The number of methoxy groups -OCH3 is 2. The first-order valence-electron chi connectivity index (χ1n) is 8.19. The maximum absolute atomic E-state index is 12.5. The molecule has 0 spiro atoms. The first-order chi connectivity index (χ1) is 12.2. The Morgan fingerprint density at radius 3 is 2.04 bits per heavy atom. The summed E-state index contributed by atoms with van der Waals surface area (Å²) in [4.78, 5) is 24.8. The van der Waals surface area contributed by atoms with Gasteiger partial charge in [-0.2, -0.15) is 0 Å². The summed E-state index contributed by atoms with van der Waals surface area (Å²) in [5.41, 5.74) is 1.04. The van der Waals surface area contributed by atoms with Crippen molar-refractivity contribution in [1.82, 2.24) is 5.32 Å². The largest absolute Gasteiger partial charge is 0.493 e. The summed E-state index contributed by atoms with van der Waals surface area (Å²) < 4.78 is 10.4. The molecular weight excluding hydrogens is 332 g/mol. The van der Waals surface area contributed by atoms with Crippen molar-refractivity contribution in [3.8, 4) is 11.5 Å². The summed E-state index contributed by atoms with van der Waals surface area (Å²) in [6, 6.07) is 11.7. The number of amides is 2. The summed E-state index contributed by atoms with van der Waals surface area (Å²) >= 11 is 0.